The highest BCUT2D eigenvalue weighted by Gasteiger charge is 2.27. The maximum Gasteiger partial charge on any atom is 0.137 e. The number of nitrogens with zero attached hydrogens (tertiary/aromatic N) is 5. The minimum absolute atomic E-state index is 0.00578. The van der Waals surface area contributed by atoms with Crippen LogP contribution in [0.3, 0.4) is 0 Å². The lowest BCUT2D eigenvalue weighted by Crippen LogP contribution is -2.06. The van der Waals surface area contributed by atoms with Crippen LogP contribution in [0.2, 0.25) is 0 Å². The normalized spacial score (nSPS) is 13.0. The molecule has 0 atom stereocenters. The van der Waals surface area contributed by atoms with Crippen LogP contribution in [-0.2, 0) is 6.42 Å². The largest absolute Gasteiger partial charge is 0.145 e. The predicted octanol–water partition coefficient (Wildman–Crippen LogP) is 6.03. The van der Waals surface area contributed by atoms with Crippen LogP contribution in [-0.4, -0.2) is 0 Å². The van der Waals surface area contributed by atoms with Gasteiger partial charge in [0.2, 0.25) is 0 Å². The second-order valence-corrected chi connectivity index (χ2v) is 5.64. The van der Waals surface area contributed by atoms with Crippen molar-refractivity contribution in [2.24, 2.45) is 25.9 Å². The summed E-state index contributed by atoms with van der Waals surface area (Å²) in [4.78, 5) is 55.2. The number of benzene rings is 2. The zero-order chi connectivity index (χ0) is 19.6. The minimum Gasteiger partial charge on any atom is -0.145 e. The fraction of sp³-hybridized carbons (Fsp3) is 0.0588. The van der Waals surface area contributed by atoms with E-state index in [9.17, 15) is 24.5 Å². The summed E-state index contributed by atoms with van der Waals surface area (Å²) in [5, 5.41) is 14.2. The van der Waals surface area contributed by atoms with Crippen molar-refractivity contribution in [2.45, 2.75) is 6.42 Å². The van der Waals surface area contributed by atoms with Crippen LogP contribution in [0.15, 0.2) is 68.5 Å². The number of allylic oxidation sites excluding steroid dienone is 2. The molecule has 0 saturated heterocycles. The molecule has 0 aromatic heterocycles. The summed E-state index contributed by atoms with van der Waals surface area (Å²) in [5.74, 6) is 0. The molecule has 0 saturated carbocycles. The first-order valence-electron chi connectivity index (χ1n) is 7.48. The van der Waals surface area contributed by atoms with Crippen LogP contribution < -0.4 is 0 Å². The van der Waals surface area contributed by atoms with Crippen molar-refractivity contribution in [3.05, 3.63) is 83.8 Å². The molecule has 1 aliphatic rings. The van der Waals surface area contributed by atoms with E-state index in [0.717, 1.165) is 0 Å². The molecule has 0 spiro atoms. The highest BCUT2D eigenvalue weighted by molar-refractivity contribution is 5.97. The van der Waals surface area contributed by atoms with E-state index in [1.54, 1.807) is 0 Å². The minimum atomic E-state index is -0.199. The topological polar surface area (TPSA) is 147 Å². The molecule has 0 fully saturated rings. The monoisotopic (exact) mass is 363 g/mol. The standard InChI is InChI=1S/C17H9N5O5/c1-8-16-10(4-11(18-23)7-15(16)21-26)5-12(17(8)22-27)9-2-3-13(19-24)14(6-9)20-25/h2-4,6-7H,1,5H2. The molecule has 3 rings (SSSR count). The van der Waals surface area contributed by atoms with E-state index in [1.807, 2.05) is 0 Å². The van der Waals surface area contributed by atoms with E-state index in [0.29, 0.717) is 22.3 Å². The third-order valence-corrected chi connectivity index (χ3v) is 4.24. The molecule has 0 aliphatic heterocycles. The summed E-state index contributed by atoms with van der Waals surface area (Å²) >= 11 is 0. The third-order valence-electron chi connectivity index (χ3n) is 4.24. The molecule has 0 radical (unpaired) electrons. The Morgan fingerprint density at radius 3 is 2.04 bits per heavy atom. The van der Waals surface area contributed by atoms with Crippen LogP contribution in [0.1, 0.15) is 16.7 Å². The first-order valence-corrected chi connectivity index (χ1v) is 7.48. The Bertz CT molecular complexity index is 1070. The third kappa shape index (κ3) is 2.88. The van der Waals surface area contributed by atoms with E-state index in [2.05, 4.69) is 32.5 Å². The summed E-state index contributed by atoms with van der Waals surface area (Å²) in [6.07, 6.45) is 0.0907. The molecule has 10 nitrogen and oxygen atoms in total. The Labute approximate surface area is 150 Å². The second-order valence-electron chi connectivity index (χ2n) is 5.64. The number of fused-ring (bicyclic) bond motifs is 1. The fourth-order valence-electron chi connectivity index (χ4n) is 3.07. The van der Waals surface area contributed by atoms with Gasteiger partial charge in [0.1, 0.15) is 28.4 Å². The van der Waals surface area contributed by atoms with Crippen LogP contribution in [0.25, 0.3) is 11.1 Å². The SMILES string of the molecule is C=C1C(N=O)=C(c2ccc(N=O)c(N=O)c2)Cc2cc(N=O)cc(N=O)c21. The molecule has 1 aliphatic carbocycles. The Morgan fingerprint density at radius 2 is 1.44 bits per heavy atom. The molecular formula is C17H9N5O5. The van der Waals surface area contributed by atoms with Crippen molar-refractivity contribution in [1.82, 2.24) is 0 Å². The van der Waals surface area contributed by atoms with Crippen molar-refractivity contribution < 1.29 is 0 Å². The summed E-state index contributed by atoms with van der Waals surface area (Å²) in [6.45, 7) is 3.81. The average Bonchev–Trinajstić information content (AvgIpc) is 2.71. The smallest absolute Gasteiger partial charge is 0.137 e. The van der Waals surface area contributed by atoms with Crippen LogP contribution in [0.5, 0.6) is 0 Å². The van der Waals surface area contributed by atoms with Gasteiger partial charge < -0.3 is 0 Å². The number of rotatable bonds is 6. The summed E-state index contributed by atoms with van der Waals surface area (Å²) in [7, 11) is 0. The molecule has 27 heavy (non-hydrogen) atoms. The molecule has 0 unspecified atom stereocenters. The van der Waals surface area contributed by atoms with Gasteiger partial charge in [0.05, 0.1) is 0 Å². The second kappa shape index (κ2) is 7.04. The van der Waals surface area contributed by atoms with Crippen LogP contribution in [0.4, 0.5) is 22.7 Å². The molecule has 0 amide bonds. The van der Waals surface area contributed by atoms with Crippen molar-refractivity contribution in [1.29, 1.82) is 0 Å². The van der Waals surface area contributed by atoms with Crippen molar-refractivity contribution >= 4 is 33.9 Å². The molecule has 0 heterocycles. The van der Waals surface area contributed by atoms with Gasteiger partial charge in [-0.25, -0.2) is 0 Å². The number of hydrogen-bond acceptors (Lipinski definition) is 10. The van der Waals surface area contributed by atoms with Crippen LogP contribution >= 0.6 is 0 Å². The van der Waals surface area contributed by atoms with Crippen molar-refractivity contribution in [3.63, 3.8) is 0 Å². The lowest BCUT2D eigenvalue weighted by molar-refractivity contribution is 1.18. The molecule has 0 N–H and O–H groups in total. The van der Waals surface area contributed by atoms with Gasteiger partial charge in [0.25, 0.3) is 0 Å². The Balaban J connectivity index is 2.24. The van der Waals surface area contributed by atoms with Crippen molar-refractivity contribution in [2.75, 3.05) is 0 Å². The molecule has 132 valence electrons. The zero-order valence-corrected chi connectivity index (χ0v) is 13.6. The van der Waals surface area contributed by atoms with Gasteiger partial charge in [0.15, 0.2) is 0 Å². The predicted molar refractivity (Wildman–Crippen MR) is 100 cm³/mol. The number of hydrogen-bond donors (Lipinski definition) is 0. The van der Waals surface area contributed by atoms with E-state index >= 15 is 0 Å². The van der Waals surface area contributed by atoms with Crippen LogP contribution in [0, 0.1) is 24.5 Å². The summed E-state index contributed by atoms with van der Waals surface area (Å²) < 4.78 is 0. The summed E-state index contributed by atoms with van der Waals surface area (Å²) in [5.41, 5.74) is 1.24. The van der Waals surface area contributed by atoms with Gasteiger partial charge in [-0.1, -0.05) is 12.6 Å². The molecule has 2 aromatic carbocycles. The quantitative estimate of drug-likeness (QED) is 0.575. The average molecular weight is 363 g/mol. The molecule has 2 aromatic rings. The highest BCUT2D eigenvalue weighted by atomic mass is 16.3. The maximum atomic E-state index is 11.5. The lowest BCUT2D eigenvalue weighted by Gasteiger charge is -2.22. The molecule has 10 heteroatoms. The van der Waals surface area contributed by atoms with Gasteiger partial charge in [-0.2, -0.15) is 0 Å². The Morgan fingerprint density at radius 1 is 0.741 bits per heavy atom. The first kappa shape index (κ1) is 17.7. The van der Waals surface area contributed by atoms with E-state index < -0.39 is 0 Å². The Hall–Kier alpha value is -4.08. The van der Waals surface area contributed by atoms with Gasteiger partial charge in [0, 0.05) is 17.6 Å². The highest BCUT2D eigenvalue weighted by Crippen LogP contribution is 2.45. The molecular weight excluding hydrogens is 354 g/mol. The van der Waals surface area contributed by atoms with Gasteiger partial charge >= 0.3 is 0 Å². The molecule has 0 bridgehead atoms. The van der Waals surface area contributed by atoms with E-state index in [1.165, 1.54) is 30.3 Å². The Kier molecular flexibility index (Phi) is 4.62. The maximum absolute atomic E-state index is 11.5. The first-order chi connectivity index (χ1) is 13.1. The summed E-state index contributed by atoms with van der Waals surface area (Å²) in [6, 6.07) is 6.70. The van der Waals surface area contributed by atoms with Gasteiger partial charge in [-0.15, -0.1) is 24.5 Å². The van der Waals surface area contributed by atoms with Gasteiger partial charge in [-0.3, -0.25) is 0 Å². The van der Waals surface area contributed by atoms with E-state index in [4.69, 9.17) is 0 Å². The lowest BCUT2D eigenvalue weighted by atomic mass is 9.82. The van der Waals surface area contributed by atoms with Crippen molar-refractivity contribution in [3.8, 4) is 0 Å². The van der Waals surface area contributed by atoms with E-state index in [-0.39, 0.29) is 40.4 Å². The number of nitroso groups, excluding NO2 is 5. The zero-order valence-electron chi connectivity index (χ0n) is 13.6. The fourth-order valence-corrected chi connectivity index (χ4v) is 3.07. The van der Waals surface area contributed by atoms with Gasteiger partial charge in [-0.05, 0) is 66.8 Å².